The van der Waals surface area contributed by atoms with E-state index < -0.39 is 0 Å². The van der Waals surface area contributed by atoms with E-state index in [0.29, 0.717) is 6.04 Å². The SMILES string of the molecule is CCc1ccc(NC(C)c2ccc3ccccc3c2)cc1. The highest BCUT2D eigenvalue weighted by atomic mass is 14.9. The van der Waals surface area contributed by atoms with Crippen LogP contribution in [0.4, 0.5) is 5.69 Å². The molecule has 0 spiro atoms. The molecule has 3 aromatic rings. The van der Waals surface area contributed by atoms with Gasteiger partial charge in [0.05, 0.1) is 0 Å². The first-order chi connectivity index (χ1) is 10.3. The van der Waals surface area contributed by atoms with Crippen molar-refractivity contribution >= 4 is 16.5 Å². The van der Waals surface area contributed by atoms with Crippen LogP contribution in [0.5, 0.6) is 0 Å². The molecule has 0 fully saturated rings. The molecule has 1 N–H and O–H groups in total. The van der Waals surface area contributed by atoms with Crippen LogP contribution in [0.2, 0.25) is 0 Å². The van der Waals surface area contributed by atoms with Gasteiger partial charge in [-0.1, -0.05) is 55.5 Å². The van der Waals surface area contributed by atoms with Gasteiger partial charge in [-0.15, -0.1) is 0 Å². The number of nitrogens with one attached hydrogen (secondary N) is 1. The van der Waals surface area contributed by atoms with Crippen LogP contribution in [0.25, 0.3) is 10.8 Å². The van der Waals surface area contributed by atoms with Crippen molar-refractivity contribution < 1.29 is 0 Å². The fourth-order valence-electron chi connectivity index (χ4n) is 2.65. The molecule has 0 heterocycles. The van der Waals surface area contributed by atoms with Gasteiger partial charge in [-0.3, -0.25) is 0 Å². The molecule has 1 nitrogen and oxygen atoms in total. The number of hydrogen-bond acceptors (Lipinski definition) is 1. The Labute approximate surface area is 126 Å². The standard InChI is InChI=1S/C20H21N/c1-3-16-8-12-20(13-9-16)21-15(2)18-11-10-17-6-4-5-7-19(17)14-18/h4-15,21H,3H2,1-2H3. The summed E-state index contributed by atoms with van der Waals surface area (Å²) >= 11 is 0. The van der Waals surface area contributed by atoms with Crippen LogP contribution in [-0.4, -0.2) is 0 Å². The largest absolute Gasteiger partial charge is 0.379 e. The van der Waals surface area contributed by atoms with Crippen LogP contribution >= 0.6 is 0 Å². The van der Waals surface area contributed by atoms with Gasteiger partial charge in [-0.05, 0) is 53.4 Å². The van der Waals surface area contributed by atoms with Crippen LogP contribution in [0, 0.1) is 0 Å². The second-order valence-electron chi connectivity index (χ2n) is 5.52. The van der Waals surface area contributed by atoms with Gasteiger partial charge in [0.2, 0.25) is 0 Å². The molecule has 0 saturated carbocycles. The lowest BCUT2D eigenvalue weighted by Crippen LogP contribution is -2.06. The van der Waals surface area contributed by atoms with Crippen molar-refractivity contribution in [2.24, 2.45) is 0 Å². The molecule has 1 unspecified atom stereocenters. The Kier molecular flexibility index (Phi) is 3.92. The third kappa shape index (κ3) is 3.08. The predicted octanol–water partition coefficient (Wildman–Crippen LogP) is 5.58. The molecule has 1 atom stereocenters. The van der Waals surface area contributed by atoms with Gasteiger partial charge in [0, 0.05) is 11.7 Å². The number of aryl methyl sites for hydroxylation is 1. The zero-order valence-electron chi connectivity index (χ0n) is 12.6. The molecule has 0 amide bonds. The minimum atomic E-state index is 0.294. The Morgan fingerprint density at radius 3 is 2.29 bits per heavy atom. The summed E-state index contributed by atoms with van der Waals surface area (Å²) < 4.78 is 0. The average Bonchev–Trinajstić information content (AvgIpc) is 2.55. The Morgan fingerprint density at radius 2 is 1.57 bits per heavy atom. The minimum absolute atomic E-state index is 0.294. The van der Waals surface area contributed by atoms with Gasteiger partial charge in [-0.25, -0.2) is 0 Å². The molecule has 0 bridgehead atoms. The van der Waals surface area contributed by atoms with E-state index in [1.165, 1.54) is 27.6 Å². The Hall–Kier alpha value is -2.28. The lowest BCUT2D eigenvalue weighted by atomic mass is 10.0. The molecular weight excluding hydrogens is 254 g/mol. The van der Waals surface area contributed by atoms with Crippen LogP contribution in [-0.2, 0) is 6.42 Å². The van der Waals surface area contributed by atoms with Crippen molar-refractivity contribution in [2.45, 2.75) is 26.3 Å². The molecule has 3 rings (SSSR count). The normalized spacial score (nSPS) is 12.3. The molecule has 21 heavy (non-hydrogen) atoms. The highest BCUT2D eigenvalue weighted by Gasteiger charge is 2.06. The molecule has 0 saturated heterocycles. The third-order valence-electron chi connectivity index (χ3n) is 4.02. The van der Waals surface area contributed by atoms with E-state index in [1.54, 1.807) is 0 Å². The smallest absolute Gasteiger partial charge is 0.0485 e. The second kappa shape index (κ2) is 6.01. The molecular formula is C20H21N. The van der Waals surface area contributed by atoms with Crippen LogP contribution in [0.1, 0.15) is 31.0 Å². The maximum atomic E-state index is 3.57. The molecule has 106 valence electrons. The number of hydrogen-bond donors (Lipinski definition) is 1. The summed E-state index contributed by atoms with van der Waals surface area (Å²) in [6.45, 7) is 4.39. The highest BCUT2D eigenvalue weighted by molar-refractivity contribution is 5.83. The zero-order valence-corrected chi connectivity index (χ0v) is 12.6. The zero-order chi connectivity index (χ0) is 14.7. The summed E-state index contributed by atoms with van der Waals surface area (Å²) in [6.07, 6.45) is 1.08. The van der Waals surface area contributed by atoms with Crippen molar-refractivity contribution in [3.63, 3.8) is 0 Å². The van der Waals surface area contributed by atoms with Gasteiger partial charge in [0.25, 0.3) is 0 Å². The summed E-state index contributed by atoms with van der Waals surface area (Å²) in [5.41, 5.74) is 3.86. The number of benzene rings is 3. The lowest BCUT2D eigenvalue weighted by molar-refractivity contribution is 0.886. The molecule has 0 aliphatic heterocycles. The highest BCUT2D eigenvalue weighted by Crippen LogP contribution is 2.23. The van der Waals surface area contributed by atoms with Crippen molar-refractivity contribution in [1.29, 1.82) is 0 Å². The fraction of sp³-hybridized carbons (Fsp3) is 0.200. The van der Waals surface area contributed by atoms with E-state index in [9.17, 15) is 0 Å². The van der Waals surface area contributed by atoms with Crippen molar-refractivity contribution in [3.05, 3.63) is 77.9 Å². The van der Waals surface area contributed by atoms with Gasteiger partial charge in [0.1, 0.15) is 0 Å². The summed E-state index contributed by atoms with van der Waals surface area (Å²) in [5, 5.41) is 6.16. The summed E-state index contributed by atoms with van der Waals surface area (Å²) in [7, 11) is 0. The summed E-state index contributed by atoms with van der Waals surface area (Å²) in [4.78, 5) is 0. The first-order valence-corrected chi connectivity index (χ1v) is 7.60. The van der Waals surface area contributed by atoms with E-state index in [-0.39, 0.29) is 0 Å². The molecule has 0 aliphatic rings. The van der Waals surface area contributed by atoms with E-state index in [0.717, 1.165) is 6.42 Å². The van der Waals surface area contributed by atoms with Gasteiger partial charge >= 0.3 is 0 Å². The number of rotatable bonds is 4. The molecule has 0 radical (unpaired) electrons. The first-order valence-electron chi connectivity index (χ1n) is 7.60. The van der Waals surface area contributed by atoms with Gasteiger partial charge < -0.3 is 5.32 Å². The van der Waals surface area contributed by atoms with E-state index in [1.807, 2.05) is 0 Å². The number of anilines is 1. The monoisotopic (exact) mass is 275 g/mol. The quantitative estimate of drug-likeness (QED) is 0.656. The Bertz CT molecular complexity index is 728. The van der Waals surface area contributed by atoms with E-state index in [2.05, 4.69) is 85.9 Å². The van der Waals surface area contributed by atoms with Crippen LogP contribution in [0.15, 0.2) is 66.7 Å². The van der Waals surface area contributed by atoms with E-state index >= 15 is 0 Å². The van der Waals surface area contributed by atoms with Crippen molar-refractivity contribution in [2.75, 3.05) is 5.32 Å². The fourth-order valence-corrected chi connectivity index (χ4v) is 2.65. The summed E-state index contributed by atoms with van der Waals surface area (Å²) in [6, 6.07) is 24.2. The Morgan fingerprint density at radius 1 is 0.857 bits per heavy atom. The van der Waals surface area contributed by atoms with E-state index in [4.69, 9.17) is 0 Å². The minimum Gasteiger partial charge on any atom is -0.379 e. The van der Waals surface area contributed by atoms with Crippen LogP contribution in [0.3, 0.4) is 0 Å². The van der Waals surface area contributed by atoms with Crippen LogP contribution < -0.4 is 5.32 Å². The summed E-state index contributed by atoms with van der Waals surface area (Å²) in [5.74, 6) is 0. The molecule has 1 heteroatoms. The first kappa shape index (κ1) is 13.7. The van der Waals surface area contributed by atoms with Gasteiger partial charge in [-0.2, -0.15) is 0 Å². The third-order valence-corrected chi connectivity index (χ3v) is 4.02. The molecule has 0 aromatic heterocycles. The van der Waals surface area contributed by atoms with Crippen molar-refractivity contribution in [1.82, 2.24) is 0 Å². The maximum absolute atomic E-state index is 3.57. The molecule has 3 aromatic carbocycles. The Balaban J connectivity index is 1.80. The average molecular weight is 275 g/mol. The van der Waals surface area contributed by atoms with Crippen molar-refractivity contribution in [3.8, 4) is 0 Å². The predicted molar refractivity (Wildman–Crippen MR) is 91.8 cm³/mol. The van der Waals surface area contributed by atoms with Gasteiger partial charge in [0.15, 0.2) is 0 Å². The number of fused-ring (bicyclic) bond motifs is 1. The molecule has 0 aliphatic carbocycles. The maximum Gasteiger partial charge on any atom is 0.0485 e. The lowest BCUT2D eigenvalue weighted by Gasteiger charge is -2.16. The second-order valence-corrected chi connectivity index (χ2v) is 5.52. The topological polar surface area (TPSA) is 12.0 Å².